The Hall–Kier alpha value is -2.16. The van der Waals surface area contributed by atoms with Crippen molar-refractivity contribution in [3.8, 4) is 0 Å². The first kappa shape index (κ1) is 15.7. The van der Waals surface area contributed by atoms with Gasteiger partial charge in [-0.1, -0.05) is 18.2 Å². The average Bonchev–Trinajstić information content (AvgIpc) is 3.32. The first-order chi connectivity index (χ1) is 11.0. The summed E-state index contributed by atoms with van der Waals surface area (Å²) in [5.41, 5.74) is 6.89. The Morgan fingerprint density at radius 1 is 1.09 bits per heavy atom. The van der Waals surface area contributed by atoms with E-state index in [1.807, 2.05) is 32.0 Å². The van der Waals surface area contributed by atoms with Gasteiger partial charge in [0.1, 0.15) is 0 Å². The minimum atomic E-state index is 0.0338. The second-order valence-corrected chi connectivity index (χ2v) is 6.69. The fourth-order valence-corrected chi connectivity index (χ4v) is 3.24. The van der Waals surface area contributed by atoms with Crippen LogP contribution in [0.15, 0.2) is 30.3 Å². The summed E-state index contributed by atoms with van der Waals surface area (Å²) >= 11 is 0. The van der Waals surface area contributed by atoms with Gasteiger partial charge in [-0.15, -0.1) is 0 Å². The van der Waals surface area contributed by atoms with Gasteiger partial charge in [0, 0.05) is 31.2 Å². The van der Waals surface area contributed by atoms with E-state index in [1.165, 1.54) is 24.1 Å². The summed E-state index contributed by atoms with van der Waals surface area (Å²) < 4.78 is 2.14. The molecule has 0 spiro atoms. The van der Waals surface area contributed by atoms with Crippen molar-refractivity contribution in [2.24, 2.45) is 0 Å². The van der Waals surface area contributed by atoms with Crippen molar-refractivity contribution >= 4 is 11.6 Å². The first-order valence-electron chi connectivity index (χ1n) is 8.33. The van der Waals surface area contributed by atoms with E-state index in [4.69, 9.17) is 0 Å². The molecule has 3 nitrogen and oxygen atoms in total. The number of rotatable bonds is 4. The van der Waals surface area contributed by atoms with E-state index in [0.717, 1.165) is 22.5 Å². The summed E-state index contributed by atoms with van der Waals surface area (Å²) in [6.07, 6.45) is 2.55. The van der Waals surface area contributed by atoms with E-state index >= 15 is 0 Å². The molecule has 0 atom stereocenters. The highest BCUT2D eigenvalue weighted by Gasteiger charge is 2.30. The molecule has 0 radical (unpaired) electrons. The van der Waals surface area contributed by atoms with E-state index in [9.17, 15) is 4.79 Å². The molecule has 1 aromatic carbocycles. The molecule has 1 N–H and O–H groups in total. The second kappa shape index (κ2) is 6.15. The molecule has 1 amide bonds. The van der Waals surface area contributed by atoms with Crippen LogP contribution >= 0.6 is 0 Å². The predicted molar refractivity (Wildman–Crippen MR) is 92.6 cm³/mol. The maximum atomic E-state index is 12.6. The van der Waals surface area contributed by atoms with E-state index in [-0.39, 0.29) is 5.91 Å². The summed E-state index contributed by atoms with van der Waals surface area (Å²) in [6, 6.07) is 10.4. The number of aryl methyl sites for hydroxylation is 3. The van der Waals surface area contributed by atoms with E-state index < -0.39 is 0 Å². The number of nitrogens with one attached hydrogen (secondary N) is 1. The number of pyridine rings is 1. The van der Waals surface area contributed by atoms with Gasteiger partial charge in [0.15, 0.2) is 11.4 Å². The normalized spacial score (nSPS) is 13.9. The maximum Gasteiger partial charge on any atom is 0.290 e. The summed E-state index contributed by atoms with van der Waals surface area (Å²) in [6.45, 7) is 8.62. The number of anilines is 1. The Morgan fingerprint density at radius 3 is 2.35 bits per heavy atom. The van der Waals surface area contributed by atoms with Gasteiger partial charge in [-0.2, -0.15) is 4.57 Å². The number of carbonyl (C=O) groups excluding carboxylic acids is 1. The quantitative estimate of drug-likeness (QED) is 0.858. The summed E-state index contributed by atoms with van der Waals surface area (Å²) in [7, 11) is 0. The number of benzene rings is 1. The highest BCUT2D eigenvalue weighted by Crippen LogP contribution is 2.40. The summed E-state index contributed by atoms with van der Waals surface area (Å²) in [5.74, 6) is 0.732. The Labute approximate surface area is 138 Å². The van der Waals surface area contributed by atoms with Crippen LogP contribution in [0.25, 0.3) is 0 Å². The topological polar surface area (TPSA) is 33.0 Å². The molecule has 2 aromatic rings. The van der Waals surface area contributed by atoms with Gasteiger partial charge in [-0.3, -0.25) is 4.79 Å². The second-order valence-electron chi connectivity index (χ2n) is 6.69. The van der Waals surface area contributed by atoms with Crippen LogP contribution < -0.4 is 9.88 Å². The molecule has 120 valence electrons. The Balaban J connectivity index is 1.82. The third kappa shape index (κ3) is 3.29. The van der Waals surface area contributed by atoms with Crippen molar-refractivity contribution in [2.45, 2.75) is 53.0 Å². The molecule has 1 aliphatic carbocycles. The number of nitrogens with zero attached hydrogens (tertiary/aromatic N) is 1. The lowest BCUT2D eigenvalue weighted by Gasteiger charge is -2.12. The SMILES string of the molecule is Cc1cccc(C)c1NC(=O)C[n+]1c(C)ccc(C2CC2)c1C. The molecule has 0 saturated heterocycles. The fraction of sp³-hybridized carbons (Fsp3) is 0.400. The lowest BCUT2D eigenvalue weighted by atomic mass is 10.1. The van der Waals surface area contributed by atoms with Crippen LogP contribution in [0.3, 0.4) is 0 Å². The van der Waals surface area contributed by atoms with Gasteiger partial charge in [0.2, 0.25) is 6.54 Å². The Bertz CT molecular complexity index is 740. The van der Waals surface area contributed by atoms with Crippen molar-refractivity contribution in [3.63, 3.8) is 0 Å². The van der Waals surface area contributed by atoms with Crippen LogP contribution in [0.5, 0.6) is 0 Å². The van der Waals surface area contributed by atoms with Gasteiger partial charge < -0.3 is 5.32 Å². The van der Waals surface area contributed by atoms with Gasteiger partial charge in [-0.25, -0.2) is 0 Å². The number of hydrogen-bond donors (Lipinski definition) is 1. The molecule has 23 heavy (non-hydrogen) atoms. The molecule has 3 heteroatoms. The van der Waals surface area contributed by atoms with Gasteiger partial charge in [0.05, 0.1) is 0 Å². The highest BCUT2D eigenvalue weighted by atomic mass is 16.1. The Morgan fingerprint density at radius 2 is 1.74 bits per heavy atom. The summed E-state index contributed by atoms with van der Waals surface area (Å²) in [4.78, 5) is 12.6. The van der Waals surface area contributed by atoms with E-state index in [2.05, 4.69) is 35.9 Å². The molecule has 1 saturated carbocycles. The number of hydrogen-bond acceptors (Lipinski definition) is 1. The molecule has 0 bridgehead atoms. The average molecular weight is 309 g/mol. The van der Waals surface area contributed by atoms with Crippen molar-refractivity contribution in [2.75, 3.05) is 5.32 Å². The standard InChI is InChI=1S/C20H24N2O/c1-13-6-5-7-14(2)20(13)21-19(23)12-22-15(3)8-11-18(16(22)4)17-9-10-17/h5-8,11,17H,9-10,12H2,1-4H3/p+1. The third-order valence-electron chi connectivity index (χ3n) is 4.82. The molecule has 0 aliphatic heterocycles. The van der Waals surface area contributed by atoms with Gasteiger partial charge in [-0.05, 0) is 49.8 Å². The largest absolute Gasteiger partial charge is 0.320 e. The van der Waals surface area contributed by atoms with Gasteiger partial charge in [0.25, 0.3) is 5.91 Å². The highest BCUT2D eigenvalue weighted by molar-refractivity contribution is 5.91. The predicted octanol–water partition coefficient (Wildman–Crippen LogP) is 3.72. The zero-order valence-electron chi connectivity index (χ0n) is 14.4. The molecule has 1 aliphatic rings. The molecule has 3 rings (SSSR count). The van der Waals surface area contributed by atoms with Crippen molar-refractivity contribution in [3.05, 3.63) is 58.4 Å². The Kier molecular flexibility index (Phi) is 4.20. The summed E-state index contributed by atoms with van der Waals surface area (Å²) in [5, 5.41) is 3.09. The van der Waals surface area contributed by atoms with Crippen molar-refractivity contribution in [1.29, 1.82) is 0 Å². The van der Waals surface area contributed by atoms with E-state index in [0.29, 0.717) is 12.5 Å². The van der Waals surface area contributed by atoms with Crippen LogP contribution in [0.2, 0.25) is 0 Å². The number of carbonyl (C=O) groups is 1. The maximum absolute atomic E-state index is 12.6. The molecular formula is C20H25N2O+. The van der Waals surface area contributed by atoms with Gasteiger partial charge >= 0.3 is 0 Å². The van der Waals surface area contributed by atoms with Crippen molar-refractivity contribution < 1.29 is 9.36 Å². The van der Waals surface area contributed by atoms with Crippen molar-refractivity contribution in [1.82, 2.24) is 0 Å². The van der Waals surface area contributed by atoms with Crippen LogP contribution in [0.4, 0.5) is 5.69 Å². The fourth-order valence-electron chi connectivity index (χ4n) is 3.24. The van der Waals surface area contributed by atoms with Crippen LogP contribution in [-0.2, 0) is 11.3 Å². The minimum absolute atomic E-state index is 0.0338. The lowest BCUT2D eigenvalue weighted by Crippen LogP contribution is -2.46. The molecule has 1 fully saturated rings. The van der Waals surface area contributed by atoms with Crippen LogP contribution in [-0.4, -0.2) is 5.91 Å². The number of aromatic nitrogens is 1. The molecular weight excluding hydrogens is 284 g/mol. The monoisotopic (exact) mass is 309 g/mol. The smallest absolute Gasteiger partial charge is 0.290 e. The van der Waals surface area contributed by atoms with Crippen LogP contribution in [0, 0.1) is 27.7 Å². The number of para-hydroxylation sites is 1. The zero-order chi connectivity index (χ0) is 16.6. The minimum Gasteiger partial charge on any atom is -0.320 e. The van der Waals surface area contributed by atoms with Crippen LogP contribution in [0.1, 0.15) is 46.8 Å². The molecule has 1 aromatic heterocycles. The first-order valence-corrected chi connectivity index (χ1v) is 8.33. The molecule has 0 unspecified atom stereocenters. The molecule has 1 heterocycles. The van der Waals surface area contributed by atoms with E-state index in [1.54, 1.807) is 0 Å². The third-order valence-corrected chi connectivity index (χ3v) is 4.82. The zero-order valence-corrected chi connectivity index (χ0v) is 14.4. The lowest BCUT2D eigenvalue weighted by molar-refractivity contribution is -0.696. The number of amides is 1.